The minimum Gasteiger partial charge on any atom is -0.492 e. The van der Waals surface area contributed by atoms with Crippen LogP contribution < -0.4 is 10.1 Å². The lowest BCUT2D eigenvalue weighted by molar-refractivity contribution is -0.122. The molecule has 1 amide bonds. The number of rotatable bonds is 8. The standard InChI is InChI=1S/C16H20BrN3O2/c1-13(12-20-10-5-9-18-20)19-16(21)8-4-11-22-15-7-3-2-6-14(15)17/h2-3,5-7,9-10,13H,4,8,11-12H2,1H3,(H,19,21)/t13-/m1/s1. The van der Waals surface area contributed by atoms with Gasteiger partial charge < -0.3 is 10.1 Å². The zero-order valence-corrected chi connectivity index (χ0v) is 14.1. The van der Waals surface area contributed by atoms with Crippen molar-refractivity contribution in [2.45, 2.75) is 32.4 Å². The molecule has 1 aromatic carbocycles. The second-order valence-electron chi connectivity index (χ2n) is 5.08. The summed E-state index contributed by atoms with van der Waals surface area (Å²) in [6.45, 7) is 3.16. The lowest BCUT2D eigenvalue weighted by Gasteiger charge is -2.14. The number of benzene rings is 1. The number of amides is 1. The maximum Gasteiger partial charge on any atom is 0.220 e. The van der Waals surface area contributed by atoms with Gasteiger partial charge in [-0.25, -0.2) is 0 Å². The molecule has 1 atom stereocenters. The minimum absolute atomic E-state index is 0.0374. The third-order valence-electron chi connectivity index (χ3n) is 3.07. The summed E-state index contributed by atoms with van der Waals surface area (Å²) in [4.78, 5) is 11.9. The number of nitrogens with zero attached hydrogens (tertiary/aromatic N) is 2. The largest absolute Gasteiger partial charge is 0.492 e. The van der Waals surface area contributed by atoms with Crippen LogP contribution in [0.4, 0.5) is 0 Å². The van der Waals surface area contributed by atoms with E-state index in [0.717, 1.165) is 10.2 Å². The predicted octanol–water partition coefficient (Wildman–Crippen LogP) is 3.01. The number of carbonyl (C=O) groups is 1. The Balaban J connectivity index is 1.62. The molecule has 6 heteroatoms. The van der Waals surface area contributed by atoms with Crippen LogP contribution in [0.1, 0.15) is 19.8 Å². The summed E-state index contributed by atoms with van der Waals surface area (Å²) < 4.78 is 8.37. The van der Waals surface area contributed by atoms with E-state index in [-0.39, 0.29) is 11.9 Å². The lowest BCUT2D eigenvalue weighted by atomic mass is 10.2. The number of hydrogen-bond acceptors (Lipinski definition) is 3. The second-order valence-corrected chi connectivity index (χ2v) is 5.93. The van der Waals surface area contributed by atoms with Gasteiger partial charge >= 0.3 is 0 Å². The molecule has 0 radical (unpaired) electrons. The Labute approximate surface area is 138 Å². The van der Waals surface area contributed by atoms with Crippen molar-refractivity contribution >= 4 is 21.8 Å². The number of nitrogens with one attached hydrogen (secondary N) is 1. The summed E-state index contributed by atoms with van der Waals surface area (Å²) >= 11 is 3.43. The highest BCUT2D eigenvalue weighted by Gasteiger charge is 2.08. The first-order valence-electron chi connectivity index (χ1n) is 7.29. The van der Waals surface area contributed by atoms with Gasteiger partial charge in [0.15, 0.2) is 0 Å². The van der Waals surface area contributed by atoms with Gasteiger partial charge in [0.1, 0.15) is 5.75 Å². The average molecular weight is 366 g/mol. The predicted molar refractivity (Wildman–Crippen MR) is 88.7 cm³/mol. The zero-order valence-electron chi connectivity index (χ0n) is 12.5. The van der Waals surface area contributed by atoms with Gasteiger partial charge in [-0.15, -0.1) is 0 Å². The van der Waals surface area contributed by atoms with Crippen LogP contribution in [-0.4, -0.2) is 28.3 Å². The summed E-state index contributed by atoms with van der Waals surface area (Å²) in [5.74, 6) is 0.838. The summed E-state index contributed by atoms with van der Waals surface area (Å²) in [6.07, 6.45) is 4.75. The Morgan fingerprint density at radius 2 is 2.23 bits per heavy atom. The van der Waals surface area contributed by atoms with E-state index in [9.17, 15) is 4.79 Å². The number of hydrogen-bond donors (Lipinski definition) is 1. The van der Waals surface area contributed by atoms with Gasteiger partial charge in [-0.2, -0.15) is 5.10 Å². The molecule has 5 nitrogen and oxygen atoms in total. The van der Waals surface area contributed by atoms with E-state index in [4.69, 9.17) is 4.74 Å². The SMILES string of the molecule is C[C@H](Cn1cccn1)NC(=O)CCCOc1ccccc1Br. The fourth-order valence-corrected chi connectivity index (χ4v) is 2.46. The smallest absolute Gasteiger partial charge is 0.220 e. The first kappa shape index (κ1) is 16.5. The number of halogens is 1. The van der Waals surface area contributed by atoms with Gasteiger partial charge in [-0.05, 0) is 47.5 Å². The highest BCUT2D eigenvalue weighted by Crippen LogP contribution is 2.23. The molecule has 0 spiro atoms. The van der Waals surface area contributed by atoms with Crippen LogP contribution in [0.15, 0.2) is 47.2 Å². The molecule has 0 bridgehead atoms. The minimum atomic E-state index is 0.0374. The van der Waals surface area contributed by atoms with Gasteiger partial charge in [-0.3, -0.25) is 9.48 Å². The molecular weight excluding hydrogens is 346 g/mol. The Morgan fingerprint density at radius 3 is 2.95 bits per heavy atom. The van der Waals surface area contributed by atoms with Crippen molar-refractivity contribution in [3.63, 3.8) is 0 Å². The fourth-order valence-electron chi connectivity index (χ4n) is 2.06. The normalized spacial score (nSPS) is 11.9. The van der Waals surface area contributed by atoms with Crippen LogP contribution in [0.25, 0.3) is 0 Å². The Kier molecular flexibility index (Phi) is 6.45. The van der Waals surface area contributed by atoms with Crippen molar-refractivity contribution < 1.29 is 9.53 Å². The van der Waals surface area contributed by atoms with Crippen LogP contribution in [0.5, 0.6) is 5.75 Å². The summed E-state index contributed by atoms with van der Waals surface area (Å²) in [5.41, 5.74) is 0. The van der Waals surface area contributed by atoms with Gasteiger partial charge in [0.05, 0.1) is 17.6 Å². The van der Waals surface area contributed by atoms with Crippen molar-refractivity contribution in [2.24, 2.45) is 0 Å². The van der Waals surface area contributed by atoms with Crippen LogP contribution >= 0.6 is 15.9 Å². The molecule has 0 unspecified atom stereocenters. The monoisotopic (exact) mass is 365 g/mol. The molecule has 1 aromatic heterocycles. The summed E-state index contributed by atoms with van der Waals surface area (Å²) in [5, 5.41) is 7.09. The number of para-hydroxylation sites is 1. The van der Waals surface area contributed by atoms with Crippen molar-refractivity contribution in [1.82, 2.24) is 15.1 Å². The van der Waals surface area contributed by atoms with E-state index in [0.29, 0.717) is 26.0 Å². The first-order valence-corrected chi connectivity index (χ1v) is 8.08. The number of aromatic nitrogens is 2. The van der Waals surface area contributed by atoms with Crippen LogP contribution in [0.2, 0.25) is 0 Å². The molecule has 1 heterocycles. The second kappa shape index (κ2) is 8.58. The van der Waals surface area contributed by atoms with Gasteiger partial charge in [0.25, 0.3) is 0 Å². The van der Waals surface area contributed by atoms with Crippen molar-refractivity contribution in [2.75, 3.05) is 6.61 Å². The fraction of sp³-hybridized carbons (Fsp3) is 0.375. The van der Waals surface area contributed by atoms with E-state index < -0.39 is 0 Å². The molecule has 0 aliphatic rings. The zero-order chi connectivity index (χ0) is 15.8. The van der Waals surface area contributed by atoms with Crippen molar-refractivity contribution in [3.8, 4) is 5.75 Å². The number of ether oxygens (including phenoxy) is 1. The van der Waals surface area contributed by atoms with Gasteiger partial charge in [0, 0.05) is 24.9 Å². The molecular formula is C16H20BrN3O2. The van der Waals surface area contributed by atoms with Gasteiger partial charge in [-0.1, -0.05) is 12.1 Å². The molecule has 118 valence electrons. The quantitative estimate of drug-likeness (QED) is 0.731. The Morgan fingerprint density at radius 1 is 1.41 bits per heavy atom. The van der Waals surface area contributed by atoms with E-state index >= 15 is 0 Å². The van der Waals surface area contributed by atoms with E-state index in [2.05, 4.69) is 26.3 Å². The molecule has 0 saturated carbocycles. The number of carbonyl (C=O) groups excluding carboxylic acids is 1. The Bertz CT molecular complexity index is 587. The average Bonchev–Trinajstić information content (AvgIpc) is 2.98. The van der Waals surface area contributed by atoms with Crippen molar-refractivity contribution in [1.29, 1.82) is 0 Å². The first-order chi connectivity index (χ1) is 10.6. The highest BCUT2D eigenvalue weighted by atomic mass is 79.9. The molecule has 2 aromatic rings. The molecule has 1 N–H and O–H groups in total. The molecule has 0 aliphatic heterocycles. The maximum absolute atomic E-state index is 11.9. The van der Waals surface area contributed by atoms with E-state index in [1.54, 1.807) is 10.9 Å². The summed E-state index contributed by atoms with van der Waals surface area (Å²) in [7, 11) is 0. The third-order valence-corrected chi connectivity index (χ3v) is 3.73. The Hall–Kier alpha value is -1.82. The maximum atomic E-state index is 11.9. The molecule has 0 fully saturated rings. The molecule has 0 aliphatic carbocycles. The summed E-state index contributed by atoms with van der Waals surface area (Å²) in [6, 6.07) is 9.61. The molecule has 22 heavy (non-hydrogen) atoms. The third kappa shape index (κ3) is 5.52. The van der Waals surface area contributed by atoms with Crippen LogP contribution in [0, 0.1) is 0 Å². The van der Waals surface area contributed by atoms with E-state index in [1.807, 2.05) is 43.5 Å². The van der Waals surface area contributed by atoms with E-state index in [1.165, 1.54) is 0 Å². The molecule has 0 saturated heterocycles. The van der Waals surface area contributed by atoms with Crippen LogP contribution in [-0.2, 0) is 11.3 Å². The van der Waals surface area contributed by atoms with Crippen molar-refractivity contribution in [3.05, 3.63) is 47.2 Å². The topological polar surface area (TPSA) is 56.2 Å². The van der Waals surface area contributed by atoms with Gasteiger partial charge in [0.2, 0.25) is 5.91 Å². The highest BCUT2D eigenvalue weighted by molar-refractivity contribution is 9.10. The molecule has 2 rings (SSSR count). The lowest BCUT2D eigenvalue weighted by Crippen LogP contribution is -2.35. The van der Waals surface area contributed by atoms with Crippen LogP contribution in [0.3, 0.4) is 0 Å².